The van der Waals surface area contributed by atoms with Crippen LogP contribution in [0.3, 0.4) is 0 Å². The van der Waals surface area contributed by atoms with Crippen LogP contribution in [0.1, 0.15) is 32.6 Å². The predicted molar refractivity (Wildman–Crippen MR) is 109 cm³/mol. The molecule has 1 aliphatic carbocycles. The number of hydrogen-bond acceptors (Lipinski definition) is 8. The number of aliphatic hydroxyl groups is 1. The van der Waals surface area contributed by atoms with Crippen molar-refractivity contribution in [3.63, 3.8) is 0 Å². The molecule has 1 aliphatic rings. The highest BCUT2D eigenvalue weighted by molar-refractivity contribution is 5.86. The van der Waals surface area contributed by atoms with Gasteiger partial charge in [0.05, 0.1) is 17.4 Å². The topological polar surface area (TPSA) is 131 Å². The molecular formula is C19H23N7O3. The fourth-order valence-electron chi connectivity index (χ4n) is 3.56. The molecule has 0 atom stereocenters. The molecule has 0 amide bonds. The first-order valence-corrected chi connectivity index (χ1v) is 9.72. The van der Waals surface area contributed by atoms with Crippen molar-refractivity contribution in [2.75, 3.05) is 10.6 Å². The second-order valence-corrected chi connectivity index (χ2v) is 7.18. The van der Waals surface area contributed by atoms with Gasteiger partial charge in [-0.3, -0.25) is 10.1 Å². The summed E-state index contributed by atoms with van der Waals surface area (Å²) in [6, 6.07) is 6.46. The van der Waals surface area contributed by atoms with Crippen LogP contribution in [0.4, 0.5) is 23.1 Å². The zero-order chi connectivity index (χ0) is 20.4. The quantitative estimate of drug-likeness (QED) is 0.427. The van der Waals surface area contributed by atoms with E-state index >= 15 is 0 Å². The molecule has 10 nitrogen and oxygen atoms in total. The average molecular weight is 397 g/mol. The molecule has 29 heavy (non-hydrogen) atoms. The highest BCUT2D eigenvalue weighted by Crippen LogP contribution is 2.27. The van der Waals surface area contributed by atoms with Crippen molar-refractivity contribution in [1.29, 1.82) is 0 Å². The molecule has 0 saturated heterocycles. The summed E-state index contributed by atoms with van der Waals surface area (Å²) in [4.78, 5) is 24.3. The van der Waals surface area contributed by atoms with Crippen LogP contribution in [0.2, 0.25) is 0 Å². The molecule has 0 unspecified atom stereocenters. The molecule has 10 heteroatoms. The summed E-state index contributed by atoms with van der Waals surface area (Å²) in [7, 11) is 0. The summed E-state index contributed by atoms with van der Waals surface area (Å²) < 4.78 is 1.92. The van der Waals surface area contributed by atoms with Gasteiger partial charge < -0.3 is 20.3 Å². The minimum absolute atomic E-state index is 0.00139. The van der Waals surface area contributed by atoms with Gasteiger partial charge in [0, 0.05) is 30.4 Å². The molecule has 3 aromatic rings. The summed E-state index contributed by atoms with van der Waals surface area (Å²) >= 11 is 0. The number of aliphatic hydroxyl groups excluding tert-OH is 1. The number of nitrogens with one attached hydrogen (secondary N) is 2. The zero-order valence-electron chi connectivity index (χ0n) is 16.1. The van der Waals surface area contributed by atoms with Gasteiger partial charge in [-0.1, -0.05) is 6.07 Å². The van der Waals surface area contributed by atoms with E-state index < -0.39 is 4.92 Å². The number of hydrogen-bond donors (Lipinski definition) is 3. The van der Waals surface area contributed by atoms with E-state index in [4.69, 9.17) is 0 Å². The third-order valence-electron chi connectivity index (χ3n) is 5.15. The smallest absolute Gasteiger partial charge is 0.271 e. The Kier molecular flexibility index (Phi) is 5.26. The third-order valence-corrected chi connectivity index (χ3v) is 5.15. The van der Waals surface area contributed by atoms with Crippen LogP contribution in [-0.4, -0.2) is 41.7 Å². The fourth-order valence-corrected chi connectivity index (χ4v) is 3.56. The largest absolute Gasteiger partial charge is 0.393 e. The lowest BCUT2D eigenvalue weighted by atomic mass is 9.93. The Morgan fingerprint density at radius 2 is 2.07 bits per heavy atom. The van der Waals surface area contributed by atoms with Crippen LogP contribution in [0, 0.1) is 10.1 Å². The molecule has 2 heterocycles. The van der Waals surface area contributed by atoms with Crippen molar-refractivity contribution < 1.29 is 10.0 Å². The second kappa shape index (κ2) is 8.00. The van der Waals surface area contributed by atoms with E-state index in [9.17, 15) is 15.2 Å². The van der Waals surface area contributed by atoms with E-state index in [0.29, 0.717) is 35.2 Å². The summed E-state index contributed by atoms with van der Waals surface area (Å²) in [5.41, 5.74) is 1.84. The van der Waals surface area contributed by atoms with Crippen molar-refractivity contribution in [2.24, 2.45) is 0 Å². The van der Waals surface area contributed by atoms with E-state index in [-0.39, 0.29) is 17.8 Å². The SMILES string of the molecule is CCn1cnc2c(Nc3cccc([N+](=O)[O-])c3)nc(NC3CCC(O)CC3)nc21. The molecule has 1 aromatic carbocycles. The van der Waals surface area contributed by atoms with Gasteiger partial charge in [0.25, 0.3) is 5.69 Å². The molecule has 1 fully saturated rings. The average Bonchev–Trinajstić information content (AvgIpc) is 3.13. The first kappa shape index (κ1) is 19.1. The Morgan fingerprint density at radius 3 is 2.79 bits per heavy atom. The maximum atomic E-state index is 11.1. The molecule has 152 valence electrons. The maximum Gasteiger partial charge on any atom is 0.271 e. The lowest BCUT2D eigenvalue weighted by molar-refractivity contribution is -0.384. The Bertz CT molecular complexity index is 1030. The summed E-state index contributed by atoms with van der Waals surface area (Å²) in [5, 5.41) is 27.3. The molecule has 4 rings (SSSR count). The van der Waals surface area contributed by atoms with E-state index in [1.165, 1.54) is 12.1 Å². The summed E-state index contributed by atoms with van der Waals surface area (Å²) in [5.74, 6) is 0.961. The predicted octanol–water partition coefficient (Wildman–Crippen LogP) is 3.21. The lowest BCUT2D eigenvalue weighted by Crippen LogP contribution is -2.29. The first-order chi connectivity index (χ1) is 14.0. The van der Waals surface area contributed by atoms with E-state index in [1.54, 1.807) is 18.5 Å². The van der Waals surface area contributed by atoms with Gasteiger partial charge in [-0.2, -0.15) is 9.97 Å². The first-order valence-electron chi connectivity index (χ1n) is 9.72. The number of fused-ring (bicyclic) bond motifs is 1. The molecular weight excluding hydrogens is 374 g/mol. The van der Waals surface area contributed by atoms with Crippen LogP contribution in [0.15, 0.2) is 30.6 Å². The van der Waals surface area contributed by atoms with Gasteiger partial charge in [0.15, 0.2) is 17.0 Å². The minimum Gasteiger partial charge on any atom is -0.393 e. The molecule has 2 aromatic heterocycles. The molecule has 0 radical (unpaired) electrons. The number of nitro benzene ring substituents is 1. The van der Waals surface area contributed by atoms with Gasteiger partial charge in [0.2, 0.25) is 5.95 Å². The van der Waals surface area contributed by atoms with Crippen molar-refractivity contribution >= 4 is 34.3 Å². The third kappa shape index (κ3) is 4.11. The number of non-ortho nitro benzene ring substituents is 1. The van der Waals surface area contributed by atoms with Gasteiger partial charge in [-0.15, -0.1) is 0 Å². The number of nitrogens with zero attached hydrogens (tertiary/aromatic N) is 5. The molecule has 0 spiro atoms. The monoisotopic (exact) mass is 397 g/mol. The highest BCUT2D eigenvalue weighted by Gasteiger charge is 2.21. The normalized spacial score (nSPS) is 19.2. The van der Waals surface area contributed by atoms with Gasteiger partial charge >= 0.3 is 0 Å². The van der Waals surface area contributed by atoms with Crippen LogP contribution in [0.25, 0.3) is 11.2 Å². The van der Waals surface area contributed by atoms with Crippen molar-refractivity contribution in [3.8, 4) is 0 Å². The van der Waals surface area contributed by atoms with Gasteiger partial charge in [0.1, 0.15) is 0 Å². The number of anilines is 3. The minimum atomic E-state index is -0.433. The lowest BCUT2D eigenvalue weighted by Gasteiger charge is -2.26. The molecule has 1 saturated carbocycles. The molecule has 3 N–H and O–H groups in total. The van der Waals surface area contributed by atoms with E-state index in [2.05, 4.69) is 25.6 Å². The van der Waals surface area contributed by atoms with Crippen molar-refractivity contribution in [1.82, 2.24) is 19.5 Å². The Balaban J connectivity index is 1.67. The Morgan fingerprint density at radius 1 is 1.28 bits per heavy atom. The van der Waals surface area contributed by atoms with E-state index in [0.717, 1.165) is 25.7 Å². The number of imidazole rings is 1. The van der Waals surface area contributed by atoms with Gasteiger partial charge in [-0.05, 0) is 38.7 Å². The number of rotatable bonds is 6. The number of aromatic nitrogens is 4. The summed E-state index contributed by atoms with van der Waals surface area (Å²) in [6.07, 6.45) is 4.69. The molecule has 0 bridgehead atoms. The fraction of sp³-hybridized carbons (Fsp3) is 0.421. The number of benzene rings is 1. The van der Waals surface area contributed by atoms with Gasteiger partial charge in [-0.25, -0.2) is 4.98 Å². The standard InChI is InChI=1S/C19H23N7O3/c1-2-25-11-20-16-17(21-13-4-3-5-14(10-13)26(28)29)23-19(24-18(16)25)22-12-6-8-15(27)9-7-12/h3-5,10-12,15,27H,2,6-9H2,1H3,(H2,21,22,23,24). The van der Waals surface area contributed by atoms with E-state index in [1.807, 2.05) is 11.5 Å². The van der Waals surface area contributed by atoms with Crippen LogP contribution < -0.4 is 10.6 Å². The van der Waals surface area contributed by atoms with Crippen molar-refractivity contribution in [2.45, 2.75) is 51.3 Å². The number of aryl methyl sites for hydroxylation is 1. The Labute approximate surface area is 167 Å². The second-order valence-electron chi connectivity index (χ2n) is 7.18. The Hall–Kier alpha value is -3.27. The van der Waals surface area contributed by atoms with Crippen LogP contribution in [-0.2, 0) is 6.54 Å². The molecule has 0 aliphatic heterocycles. The van der Waals surface area contributed by atoms with Crippen LogP contribution >= 0.6 is 0 Å². The number of nitro groups is 1. The highest BCUT2D eigenvalue weighted by atomic mass is 16.6. The van der Waals surface area contributed by atoms with Crippen LogP contribution in [0.5, 0.6) is 0 Å². The summed E-state index contributed by atoms with van der Waals surface area (Å²) in [6.45, 7) is 2.71. The van der Waals surface area contributed by atoms with Crippen molar-refractivity contribution in [3.05, 3.63) is 40.7 Å². The maximum absolute atomic E-state index is 11.1. The zero-order valence-corrected chi connectivity index (χ0v) is 16.1.